The Morgan fingerprint density at radius 3 is 2.89 bits per heavy atom. The van der Waals surface area contributed by atoms with Gasteiger partial charge in [0.25, 0.3) is 0 Å². The van der Waals surface area contributed by atoms with Gasteiger partial charge < -0.3 is 10.6 Å². The van der Waals surface area contributed by atoms with Crippen LogP contribution in [0.4, 0.5) is 9.18 Å². The predicted octanol–water partition coefficient (Wildman–Crippen LogP) is 2.38. The summed E-state index contributed by atoms with van der Waals surface area (Å²) in [5.41, 5.74) is 7.52. The highest BCUT2D eigenvalue weighted by Gasteiger charge is 2.38. The largest absolute Gasteiger partial charge is 0.385 e. The number of aliphatic imine (C=N–C) groups is 1. The quantitative estimate of drug-likeness (QED) is 0.908. The number of amides is 2. The Morgan fingerprint density at radius 2 is 2.21 bits per heavy atom. The van der Waals surface area contributed by atoms with Crippen LogP contribution >= 0.6 is 0 Å². The minimum atomic E-state index is -0.413. The van der Waals surface area contributed by atoms with Gasteiger partial charge in [0, 0.05) is 6.54 Å². The molecular formula is C14H16FN3O. The van der Waals surface area contributed by atoms with E-state index in [1.807, 2.05) is 6.92 Å². The smallest absolute Gasteiger partial charge is 0.346 e. The van der Waals surface area contributed by atoms with Gasteiger partial charge in [-0.05, 0) is 48.9 Å². The zero-order chi connectivity index (χ0) is 13.6. The molecule has 0 spiro atoms. The highest BCUT2D eigenvalue weighted by molar-refractivity contribution is 6.03. The Labute approximate surface area is 111 Å². The molecule has 100 valence electrons. The predicted molar refractivity (Wildman–Crippen MR) is 70.3 cm³/mol. The summed E-state index contributed by atoms with van der Waals surface area (Å²) < 4.78 is 13.4. The zero-order valence-electron chi connectivity index (χ0n) is 10.8. The number of aryl methyl sites for hydroxylation is 1. The number of rotatable bonds is 3. The van der Waals surface area contributed by atoms with Crippen molar-refractivity contribution in [3.8, 4) is 0 Å². The molecule has 3 rings (SSSR count). The molecule has 2 aliphatic rings. The van der Waals surface area contributed by atoms with E-state index in [2.05, 4.69) is 4.99 Å². The van der Waals surface area contributed by atoms with Crippen molar-refractivity contribution >= 4 is 11.9 Å². The lowest BCUT2D eigenvalue weighted by Gasteiger charge is -2.25. The summed E-state index contributed by atoms with van der Waals surface area (Å²) in [7, 11) is 0. The summed E-state index contributed by atoms with van der Waals surface area (Å²) in [5, 5.41) is 0. The van der Waals surface area contributed by atoms with Crippen LogP contribution in [-0.2, 0) is 0 Å². The van der Waals surface area contributed by atoms with E-state index in [1.165, 1.54) is 12.1 Å². The van der Waals surface area contributed by atoms with Crippen molar-refractivity contribution in [2.45, 2.75) is 25.8 Å². The lowest BCUT2D eigenvalue weighted by molar-refractivity contribution is 0.203. The number of halogens is 1. The first-order valence-corrected chi connectivity index (χ1v) is 6.47. The van der Waals surface area contributed by atoms with E-state index in [9.17, 15) is 9.18 Å². The molecule has 5 heteroatoms. The zero-order valence-corrected chi connectivity index (χ0v) is 10.8. The van der Waals surface area contributed by atoms with Crippen molar-refractivity contribution in [1.82, 2.24) is 4.90 Å². The highest BCUT2D eigenvalue weighted by atomic mass is 19.1. The van der Waals surface area contributed by atoms with Gasteiger partial charge in [0.05, 0.1) is 0 Å². The molecule has 2 N–H and O–H groups in total. The van der Waals surface area contributed by atoms with E-state index in [0.29, 0.717) is 12.5 Å². The first-order chi connectivity index (χ1) is 9.06. The molecule has 1 atom stereocenters. The van der Waals surface area contributed by atoms with Crippen LogP contribution in [0, 0.1) is 18.7 Å². The third-order valence-corrected chi connectivity index (χ3v) is 3.75. The third-order valence-electron chi connectivity index (χ3n) is 3.75. The summed E-state index contributed by atoms with van der Waals surface area (Å²) >= 11 is 0. The molecule has 0 bridgehead atoms. The molecule has 1 aromatic carbocycles. The summed E-state index contributed by atoms with van der Waals surface area (Å²) in [4.78, 5) is 17.4. The number of nitrogens with zero attached hydrogens (tertiary/aromatic N) is 2. The van der Waals surface area contributed by atoms with Gasteiger partial charge >= 0.3 is 6.03 Å². The van der Waals surface area contributed by atoms with E-state index in [4.69, 9.17) is 5.73 Å². The molecule has 1 aliphatic carbocycles. The minimum absolute atomic E-state index is 0.263. The SMILES string of the molecule is Cc1ccc(F)cc1C1C(N)=NC(=O)N1CC1CC1. The second-order valence-corrected chi connectivity index (χ2v) is 5.32. The second-order valence-electron chi connectivity index (χ2n) is 5.32. The van der Waals surface area contributed by atoms with Crippen molar-refractivity contribution in [2.24, 2.45) is 16.6 Å². The molecule has 1 unspecified atom stereocenters. The molecule has 2 amide bonds. The Kier molecular flexibility index (Phi) is 2.77. The molecule has 1 saturated carbocycles. The number of hydrogen-bond donors (Lipinski definition) is 1. The van der Waals surface area contributed by atoms with E-state index in [0.717, 1.165) is 24.0 Å². The molecule has 1 fully saturated rings. The minimum Gasteiger partial charge on any atom is -0.385 e. The third kappa shape index (κ3) is 2.20. The number of urea groups is 1. The summed E-state index contributed by atoms with van der Waals surface area (Å²) in [5.74, 6) is 0.486. The number of amidine groups is 1. The maximum atomic E-state index is 13.4. The monoisotopic (exact) mass is 261 g/mol. The fraction of sp³-hybridized carbons (Fsp3) is 0.429. The van der Waals surface area contributed by atoms with Gasteiger partial charge in [-0.25, -0.2) is 9.18 Å². The first-order valence-electron chi connectivity index (χ1n) is 6.47. The Balaban J connectivity index is 1.97. The van der Waals surface area contributed by atoms with Gasteiger partial charge in [-0.15, -0.1) is 0 Å². The van der Waals surface area contributed by atoms with Crippen molar-refractivity contribution in [3.63, 3.8) is 0 Å². The normalized spacial score (nSPS) is 22.8. The maximum Gasteiger partial charge on any atom is 0.346 e. The lowest BCUT2D eigenvalue weighted by atomic mass is 9.99. The molecule has 1 heterocycles. The van der Waals surface area contributed by atoms with Crippen LogP contribution in [0.5, 0.6) is 0 Å². The van der Waals surface area contributed by atoms with Gasteiger partial charge in [0.1, 0.15) is 17.7 Å². The Hall–Kier alpha value is -1.91. The molecule has 4 nitrogen and oxygen atoms in total. The fourth-order valence-corrected chi connectivity index (χ4v) is 2.50. The van der Waals surface area contributed by atoms with E-state index >= 15 is 0 Å². The fourth-order valence-electron chi connectivity index (χ4n) is 2.50. The summed E-state index contributed by atoms with van der Waals surface area (Å²) in [6, 6.07) is 3.84. The average molecular weight is 261 g/mol. The highest BCUT2D eigenvalue weighted by Crippen LogP contribution is 2.36. The van der Waals surface area contributed by atoms with Crippen LogP contribution in [0.25, 0.3) is 0 Å². The molecule has 0 saturated heterocycles. The number of nitrogens with two attached hydrogens (primary N) is 1. The average Bonchev–Trinajstić information content (AvgIpc) is 3.11. The van der Waals surface area contributed by atoms with Crippen molar-refractivity contribution in [2.75, 3.05) is 6.54 Å². The van der Waals surface area contributed by atoms with Crippen LogP contribution in [0.2, 0.25) is 0 Å². The number of benzene rings is 1. The van der Waals surface area contributed by atoms with Crippen LogP contribution < -0.4 is 5.73 Å². The summed E-state index contributed by atoms with van der Waals surface area (Å²) in [6.07, 6.45) is 2.27. The van der Waals surface area contributed by atoms with Gasteiger partial charge in [-0.1, -0.05) is 6.07 Å². The van der Waals surface area contributed by atoms with Crippen molar-refractivity contribution < 1.29 is 9.18 Å². The Bertz CT molecular complexity index is 566. The second kappa shape index (κ2) is 4.33. The van der Waals surface area contributed by atoms with Crippen molar-refractivity contribution in [3.05, 3.63) is 35.1 Å². The van der Waals surface area contributed by atoms with Crippen LogP contribution in [0.3, 0.4) is 0 Å². The Morgan fingerprint density at radius 1 is 1.47 bits per heavy atom. The van der Waals surface area contributed by atoms with Crippen LogP contribution in [0.1, 0.15) is 30.0 Å². The number of carbonyl (C=O) groups is 1. The number of hydrogen-bond acceptors (Lipinski definition) is 2. The molecule has 1 aliphatic heterocycles. The standard InChI is InChI=1S/C14H16FN3O/c1-8-2-5-10(15)6-11(8)12-13(16)17-14(19)18(12)7-9-3-4-9/h2,5-6,9,12H,3-4,7H2,1H3,(H2,16,17,19). The van der Waals surface area contributed by atoms with Crippen LogP contribution in [-0.4, -0.2) is 23.3 Å². The van der Waals surface area contributed by atoms with Crippen molar-refractivity contribution in [1.29, 1.82) is 0 Å². The maximum absolute atomic E-state index is 13.4. The van der Waals surface area contributed by atoms with Gasteiger partial charge in [0.2, 0.25) is 0 Å². The van der Waals surface area contributed by atoms with E-state index in [1.54, 1.807) is 11.0 Å². The summed E-state index contributed by atoms with van der Waals surface area (Å²) in [6.45, 7) is 2.55. The van der Waals surface area contributed by atoms with E-state index < -0.39 is 6.04 Å². The topological polar surface area (TPSA) is 58.7 Å². The molecule has 1 aromatic rings. The number of carbonyl (C=O) groups excluding carboxylic acids is 1. The first kappa shape index (κ1) is 12.1. The molecule has 19 heavy (non-hydrogen) atoms. The van der Waals surface area contributed by atoms with Gasteiger partial charge in [-0.2, -0.15) is 4.99 Å². The van der Waals surface area contributed by atoms with Crippen LogP contribution in [0.15, 0.2) is 23.2 Å². The van der Waals surface area contributed by atoms with Gasteiger partial charge in [-0.3, -0.25) is 0 Å². The molecule has 0 radical (unpaired) electrons. The lowest BCUT2D eigenvalue weighted by Crippen LogP contribution is -2.35. The van der Waals surface area contributed by atoms with Gasteiger partial charge in [0.15, 0.2) is 0 Å². The van der Waals surface area contributed by atoms with E-state index in [-0.39, 0.29) is 17.7 Å². The molecule has 0 aromatic heterocycles. The molecular weight excluding hydrogens is 245 g/mol.